The smallest absolute Gasteiger partial charge is 0.407 e. The number of carbonyl (C=O) groups excluding carboxylic acids is 3. The highest BCUT2D eigenvalue weighted by Crippen LogP contribution is 2.29. The Morgan fingerprint density at radius 1 is 1.11 bits per heavy atom. The van der Waals surface area contributed by atoms with E-state index in [1.165, 1.54) is 0 Å². The third kappa shape index (κ3) is 10.7. The van der Waals surface area contributed by atoms with Crippen LogP contribution in [0.1, 0.15) is 40.5 Å². The number of hydrazone groups is 1. The number of carbonyl (C=O) groups is 3. The Labute approximate surface area is 215 Å². The number of amides is 3. The van der Waals surface area contributed by atoms with E-state index >= 15 is 0 Å². The van der Waals surface area contributed by atoms with Gasteiger partial charge in [0, 0.05) is 25.4 Å². The molecular weight excluding hydrogens is 497 g/mol. The maximum absolute atomic E-state index is 12.3. The van der Waals surface area contributed by atoms with Crippen LogP contribution in [0.25, 0.3) is 0 Å². The van der Waals surface area contributed by atoms with E-state index in [0.717, 1.165) is 5.69 Å². The van der Waals surface area contributed by atoms with E-state index in [0.29, 0.717) is 35.4 Å². The number of nitrogens with zero attached hydrogens (tertiary/aromatic N) is 2. The number of halogens is 2. The summed E-state index contributed by atoms with van der Waals surface area (Å²) < 4.78 is 10.3. The van der Waals surface area contributed by atoms with Crippen LogP contribution in [0, 0.1) is 5.92 Å². The lowest BCUT2D eigenvalue weighted by molar-refractivity contribution is -0.126. The lowest BCUT2D eigenvalue weighted by Crippen LogP contribution is -2.35. The summed E-state index contributed by atoms with van der Waals surface area (Å²) in [7, 11) is 0. The summed E-state index contributed by atoms with van der Waals surface area (Å²) in [6, 6.07) is 5.25. The molecule has 0 fully saturated rings. The highest BCUT2D eigenvalue weighted by molar-refractivity contribution is 6.42. The largest absolute Gasteiger partial charge is 0.444 e. The van der Waals surface area contributed by atoms with Crippen molar-refractivity contribution in [1.29, 1.82) is 0 Å². The molecule has 1 unspecified atom stereocenters. The van der Waals surface area contributed by atoms with E-state index in [4.69, 9.17) is 32.7 Å². The third-order valence-corrected chi connectivity index (χ3v) is 5.40. The van der Waals surface area contributed by atoms with Gasteiger partial charge in [-0.3, -0.25) is 14.6 Å². The fourth-order valence-electron chi connectivity index (χ4n) is 3.01. The van der Waals surface area contributed by atoms with Crippen LogP contribution in [0.2, 0.25) is 10.0 Å². The van der Waals surface area contributed by atoms with Crippen LogP contribution in [0.5, 0.6) is 0 Å². The van der Waals surface area contributed by atoms with E-state index in [1.54, 1.807) is 37.9 Å². The quantitative estimate of drug-likeness (QED) is 0.399. The fraction of sp³-hybridized carbons (Fsp3) is 0.565. The van der Waals surface area contributed by atoms with E-state index in [9.17, 15) is 14.4 Å². The summed E-state index contributed by atoms with van der Waals surface area (Å²) >= 11 is 12.0. The summed E-state index contributed by atoms with van der Waals surface area (Å²) in [6.45, 7) is 8.50. The first-order valence-electron chi connectivity index (χ1n) is 11.4. The molecule has 35 heavy (non-hydrogen) atoms. The summed E-state index contributed by atoms with van der Waals surface area (Å²) in [5.41, 5.74) is 0.220. The summed E-state index contributed by atoms with van der Waals surface area (Å²) in [4.78, 5) is 35.6. The SMILES string of the molecule is CC1CN(c2ccc(Cl)c(Cl)c2)N=C1NC(=O)CCCNC(=O)COCCNC(=O)OC(C)(C)C. The number of hydrogen-bond acceptors (Lipinski definition) is 7. The van der Waals surface area contributed by atoms with Crippen molar-refractivity contribution < 1.29 is 23.9 Å². The van der Waals surface area contributed by atoms with Crippen LogP contribution in [-0.2, 0) is 19.1 Å². The first-order chi connectivity index (χ1) is 16.4. The van der Waals surface area contributed by atoms with Crippen LogP contribution in [0.15, 0.2) is 23.3 Å². The molecule has 3 N–H and O–H groups in total. The molecular formula is C23H33Cl2N5O5. The first-order valence-corrected chi connectivity index (χ1v) is 12.1. The minimum atomic E-state index is -0.572. The maximum Gasteiger partial charge on any atom is 0.407 e. The molecule has 0 aliphatic carbocycles. The van der Waals surface area contributed by atoms with E-state index < -0.39 is 11.7 Å². The van der Waals surface area contributed by atoms with Gasteiger partial charge in [0.2, 0.25) is 11.8 Å². The number of rotatable bonds is 10. The number of amidine groups is 1. The zero-order valence-electron chi connectivity index (χ0n) is 20.5. The normalized spacial score (nSPS) is 15.4. The van der Waals surface area contributed by atoms with Crippen LogP contribution in [-0.4, -0.2) is 62.2 Å². The van der Waals surface area contributed by atoms with Gasteiger partial charge in [-0.25, -0.2) is 4.79 Å². The zero-order chi connectivity index (χ0) is 26.0. The molecule has 10 nitrogen and oxygen atoms in total. The Bertz CT molecular complexity index is 935. The van der Waals surface area contributed by atoms with Gasteiger partial charge in [-0.15, -0.1) is 0 Å². The molecule has 194 valence electrons. The van der Waals surface area contributed by atoms with Gasteiger partial charge in [-0.1, -0.05) is 30.1 Å². The molecule has 1 aromatic rings. The highest BCUT2D eigenvalue weighted by Gasteiger charge is 2.25. The predicted molar refractivity (Wildman–Crippen MR) is 136 cm³/mol. The number of hydrogen-bond donors (Lipinski definition) is 3. The molecule has 0 saturated carbocycles. The molecule has 0 saturated heterocycles. The van der Waals surface area contributed by atoms with Gasteiger partial charge >= 0.3 is 6.09 Å². The summed E-state index contributed by atoms with van der Waals surface area (Å²) in [5.74, 6) is 0.146. The second-order valence-electron chi connectivity index (χ2n) is 9.05. The minimum Gasteiger partial charge on any atom is -0.444 e. The molecule has 0 radical (unpaired) electrons. The Kier molecular flexibility index (Phi) is 11.1. The van der Waals surface area contributed by atoms with Crippen molar-refractivity contribution in [3.05, 3.63) is 28.2 Å². The second-order valence-corrected chi connectivity index (χ2v) is 9.86. The molecule has 2 rings (SSSR count). The van der Waals surface area contributed by atoms with E-state index in [2.05, 4.69) is 21.1 Å². The second kappa shape index (κ2) is 13.5. The number of ether oxygens (including phenoxy) is 2. The lowest BCUT2D eigenvalue weighted by Gasteiger charge is -2.19. The van der Waals surface area contributed by atoms with Crippen molar-refractivity contribution in [2.45, 2.75) is 46.1 Å². The van der Waals surface area contributed by atoms with Gasteiger partial charge in [0.1, 0.15) is 18.0 Å². The molecule has 0 spiro atoms. The average Bonchev–Trinajstić information content (AvgIpc) is 3.11. The monoisotopic (exact) mass is 529 g/mol. The molecule has 1 aliphatic heterocycles. The zero-order valence-corrected chi connectivity index (χ0v) is 22.0. The maximum atomic E-state index is 12.3. The van der Waals surface area contributed by atoms with Crippen molar-refractivity contribution in [3.63, 3.8) is 0 Å². The molecule has 0 aromatic heterocycles. The van der Waals surface area contributed by atoms with Crippen molar-refractivity contribution in [1.82, 2.24) is 16.0 Å². The van der Waals surface area contributed by atoms with Crippen LogP contribution in [0.3, 0.4) is 0 Å². The topological polar surface area (TPSA) is 121 Å². The number of anilines is 1. The molecule has 1 aliphatic rings. The van der Waals surface area contributed by atoms with Gasteiger partial charge < -0.3 is 25.4 Å². The Morgan fingerprint density at radius 3 is 2.54 bits per heavy atom. The first kappa shape index (κ1) is 28.7. The molecule has 12 heteroatoms. The van der Waals surface area contributed by atoms with Crippen molar-refractivity contribution >= 4 is 52.6 Å². The third-order valence-electron chi connectivity index (χ3n) is 4.66. The highest BCUT2D eigenvalue weighted by atomic mass is 35.5. The van der Waals surface area contributed by atoms with Gasteiger partial charge in [0.05, 0.1) is 28.9 Å². The number of nitrogens with one attached hydrogen (secondary N) is 3. The number of benzene rings is 1. The van der Waals surface area contributed by atoms with Crippen LogP contribution >= 0.6 is 23.2 Å². The van der Waals surface area contributed by atoms with Crippen LogP contribution in [0.4, 0.5) is 10.5 Å². The summed E-state index contributed by atoms with van der Waals surface area (Å²) in [6.07, 6.45) is 0.166. The Hall–Kier alpha value is -2.56. The van der Waals surface area contributed by atoms with Crippen molar-refractivity contribution in [3.8, 4) is 0 Å². The minimum absolute atomic E-state index is 0.0371. The molecule has 0 bridgehead atoms. The molecule has 1 heterocycles. The Morgan fingerprint density at radius 2 is 1.86 bits per heavy atom. The lowest BCUT2D eigenvalue weighted by atomic mass is 10.1. The summed E-state index contributed by atoms with van der Waals surface area (Å²) in [5, 5.41) is 15.2. The fourth-order valence-corrected chi connectivity index (χ4v) is 3.30. The molecule has 1 atom stereocenters. The molecule has 3 amide bonds. The van der Waals surface area contributed by atoms with E-state index in [-0.39, 0.29) is 43.9 Å². The Balaban J connectivity index is 1.59. The predicted octanol–water partition coefficient (Wildman–Crippen LogP) is 3.32. The number of alkyl carbamates (subject to hydrolysis) is 1. The van der Waals surface area contributed by atoms with Crippen molar-refractivity contribution in [2.24, 2.45) is 11.0 Å². The standard InChI is InChI=1S/C23H33Cl2N5O5/c1-15-13-30(16-7-8-17(24)18(25)12-16)29-21(15)28-19(31)6-5-9-26-20(32)14-34-11-10-27-22(33)35-23(2,3)4/h7-8,12,15H,5-6,9-11,13-14H2,1-4H3,(H,26,32)(H,27,33)(H,28,29,31). The van der Waals surface area contributed by atoms with Gasteiger partial charge in [-0.2, -0.15) is 5.10 Å². The molecule has 1 aromatic carbocycles. The van der Waals surface area contributed by atoms with E-state index in [1.807, 2.05) is 13.0 Å². The van der Waals surface area contributed by atoms with Gasteiger partial charge in [0.25, 0.3) is 0 Å². The van der Waals surface area contributed by atoms with Gasteiger partial charge in [-0.05, 0) is 45.4 Å². The van der Waals surface area contributed by atoms with Crippen molar-refractivity contribution in [2.75, 3.05) is 37.9 Å². The van der Waals surface area contributed by atoms with Gasteiger partial charge in [0.15, 0.2) is 0 Å². The average molecular weight is 530 g/mol. The van der Waals surface area contributed by atoms with Crippen LogP contribution < -0.4 is 21.0 Å².